The Morgan fingerprint density at radius 3 is 2.39 bits per heavy atom. The molecule has 0 aliphatic carbocycles. The molecule has 23 heavy (non-hydrogen) atoms. The molecule has 0 fully saturated rings. The van der Waals surface area contributed by atoms with Gasteiger partial charge in [0.05, 0.1) is 30.7 Å². The Morgan fingerprint density at radius 1 is 1.22 bits per heavy atom. The molecule has 0 aliphatic heterocycles. The molecule has 0 bridgehead atoms. The van der Waals surface area contributed by atoms with E-state index in [0.29, 0.717) is 17.0 Å². The highest BCUT2D eigenvalue weighted by molar-refractivity contribution is 5.99. The number of nitrogens with one attached hydrogen (secondary N) is 2. The predicted octanol–water partition coefficient (Wildman–Crippen LogP) is 1.41. The quantitative estimate of drug-likeness (QED) is 0.873. The molecule has 0 atom stereocenters. The van der Waals surface area contributed by atoms with E-state index in [1.807, 2.05) is 20.9 Å². The highest BCUT2D eigenvalue weighted by Gasteiger charge is 2.13. The van der Waals surface area contributed by atoms with Gasteiger partial charge in [-0.3, -0.25) is 14.3 Å². The van der Waals surface area contributed by atoms with Crippen LogP contribution in [0.15, 0.2) is 24.3 Å². The lowest BCUT2D eigenvalue weighted by molar-refractivity contribution is -0.115. The molecule has 2 N–H and O–H groups in total. The van der Waals surface area contributed by atoms with Crippen LogP contribution in [0.25, 0.3) is 0 Å². The van der Waals surface area contributed by atoms with Gasteiger partial charge in [-0.1, -0.05) is 0 Å². The van der Waals surface area contributed by atoms with Crippen LogP contribution in [0.2, 0.25) is 0 Å². The Hall–Kier alpha value is -2.83. The zero-order valence-electron chi connectivity index (χ0n) is 13.6. The maximum Gasteiger partial charge on any atom is 0.251 e. The first kappa shape index (κ1) is 16.5. The molecule has 0 unspecified atom stereocenters. The minimum Gasteiger partial charge on any atom is -0.497 e. The lowest BCUT2D eigenvalue weighted by Crippen LogP contribution is -2.33. The van der Waals surface area contributed by atoms with E-state index in [0.717, 1.165) is 11.4 Å². The zero-order valence-corrected chi connectivity index (χ0v) is 13.6. The summed E-state index contributed by atoms with van der Waals surface area (Å²) in [6, 6.07) is 6.66. The van der Waals surface area contributed by atoms with Crippen LogP contribution in [-0.2, 0) is 11.8 Å². The lowest BCUT2D eigenvalue weighted by Gasteiger charge is -2.08. The Balaban J connectivity index is 1.92. The van der Waals surface area contributed by atoms with E-state index in [-0.39, 0.29) is 18.4 Å². The van der Waals surface area contributed by atoms with E-state index in [1.165, 1.54) is 0 Å². The topological polar surface area (TPSA) is 85.2 Å². The van der Waals surface area contributed by atoms with Gasteiger partial charge in [0.1, 0.15) is 5.75 Å². The van der Waals surface area contributed by atoms with E-state index in [9.17, 15) is 9.59 Å². The fourth-order valence-corrected chi connectivity index (χ4v) is 2.14. The van der Waals surface area contributed by atoms with Crippen molar-refractivity contribution in [2.24, 2.45) is 7.05 Å². The summed E-state index contributed by atoms with van der Waals surface area (Å²) >= 11 is 0. The van der Waals surface area contributed by atoms with Crippen molar-refractivity contribution in [3.8, 4) is 5.75 Å². The summed E-state index contributed by atoms with van der Waals surface area (Å²) in [7, 11) is 3.37. The van der Waals surface area contributed by atoms with Gasteiger partial charge in [-0.2, -0.15) is 5.10 Å². The summed E-state index contributed by atoms with van der Waals surface area (Å²) < 4.78 is 6.73. The number of hydrogen-bond acceptors (Lipinski definition) is 4. The summed E-state index contributed by atoms with van der Waals surface area (Å²) in [6.07, 6.45) is 0. The number of anilines is 1. The van der Waals surface area contributed by atoms with Gasteiger partial charge in [-0.25, -0.2) is 0 Å². The molecule has 7 nitrogen and oxygen atoms in total. The van der Waals surface area contributed by atoms with E-state index < -0.39 is 0 Å². The standard InChI is InChI=1S/C16H20N4O3/c1-10-15(11(2)20(3)19-10)18-14(21)9-17-16(22)12-5-7-13(23-4)8-6-12/h5-8H,9H2,1-4H3,(H,17,22)(H,18,21). The third-order valence-corrected chi connectivity index (χ3v) is 3.54. The second-order valence-electron chi connectivity index (χ2n) is 5.13. The van der Waals surface area contributed by atoms with Crippen LogP contribution in [0.4, 0.5) is 5.69 Å². The van der Waals surface area contributed by atoms with Crippen LogP contribution in [0.1, 0.15) is 21.7 Å². The number of carbonyl (C=O) groups is 2. The number of amides is 2. The summed E-state index contributed by atoms with van der Waals surface area (Å²) in [5.74, 6) is 0.0512. The van der Waals surface area contributed by atoms with Gasteiger partial charge < -0.3 is 15.4 Å². The van der Waals surface area contributed by atoms with Crippen molar-refractivity contribution in [2.45, 2.75) is 13.8 Å². The van der Waals surface area contributed by atoms with Crippen LogP contribution in [0.5, 0.6) is 5.75 Å². The number of hydrogen-bond donors (Lipinski definition) is 2. The van der Waals surface area contributed by atoms with Crippen molar-refractivity contribution in [1.82, 2.24) is 15.1 Å². The van der Waals surface area contributed by atoms with Crippen molar-refractivity contribution in [3.63, 3.8) is 0 Å². The Labute approximate surface area is 134 Å². The number of aryl methyl sites for hydroxylation is 2. The smallest absolute Gasteiger partial charge is 0.251 e. The molecule has 0 radical (unpaired) electrons. The molecule has 122 valence electrons. The van der Waals surface area contributed by atoms with Crippen LogP contribution in [-0.4, -0.2) is 35.2 Å². The molecule has 0 saturated carbocycles. The highest BCUT2D eigenvalue weighted by Crippen LogP contribution is 2.17. The molecule has 0 saturated heterocycles. The van der Waals surface area contributed by atoms with Gasteiger partial charge in [-0.05, 0) is 38.1 Å². The zero-order chi connectivity index (χ0) is 17.0. The fraction of sp³-hybridized carbons (Fsp3) is 0.312. The van der Waals surface area contributed by atoms with E-state index in [1.54, 1.807) is 36.1 Å². The summed E-state index contributed by atoms with van der Waals surface area (Å²) in [5, 5.41) is 9.58. The maximum atomic E-state index is 12.0. The number of carbonyl (C=O) groups excluding carboxylic acids is 2. The third-order valence-electron chi connectivity index (χ3n) is 3.54. The van der Waals surface area contributed by atoms with Crippen LogP contribution in [0, 0.1) is 13.8 Å². The first-order chi connectivity index (χ1) is 10.9. The van der Waals surface area contributed by atoms with Crippen LogP contribution in [0.3, 0.4) is 0 Å². The Morgan fingerprint density at radius 2 is 1.87 bits per heavy atom. The normalized spacial score (nSPS) is 10.3. The van der Waals surface area contributed by atoms with Gasteiger partial charge in [0.25, 0.3) is 5.91 Å². The van der Waals surface area contributed by atoms with Crippen LogP contribution >= 0.6 is 0 Å². The molecule has 1 aromatic heterocycles. The average molecular weight is 316 g/mol. The Kier molecular flexibility index (Phi) is 5.00. The second kappa shape index (κ2) is 6.95. The second-order valence-corrected chi connectivity index (χ2v) is 5.13. The monoisotopic (exact) mass is 316 g/mol. The van der Waals surface area contributed by atoms with E-state index >= 15 is 0 Å². The van der Waals surface area contributed by atoms with Gasteiger partial charge in [0, 0.05) is 12.6 Å². The van der Waals surface area contributed by atoms with Crippen molar-refractivity contribution in [2.75, 3.05) is 19.0 Å². The number of benzene rings is 1. The third kappa shape index (κ3) is 3.88. The lowest BCUT2D eigenvalue weighted by atomic mass is 10.2. The van der Waals surface area contributed by atoms with Crippen molar-refractivity contribution in [1.29, 1.82) is 0 Å². The molecule has 1 aromatic carbocycles. The van der Waals surface area contributed by atoms with Gasteiger partial charge in [0.15, 0.2) is 0 Å². The van der Waals surface area contributed by atoms with Gasteiger partial charge in [-0.15, -0.1) is 0 Å². The average Bonchev–Trinajstić information content (AvgIpc) is 2.79. The molecular weight excluding hydrogens is 296 g/mol. The minimum atomic E-state index is -0.317. The summed E-state index contributed by atoms with van der Waals surface area (Å²) in [6.45, 7) is 3.57. The molecule has 7 heteroatoms. The summed E-state index contributed by atoms with van der Waals surface area (Å²) in [5.41, 5.74) is 2.74. The van der Waals surface area contributed by atoms with Crippen LogP contribution < -0.4 is 15.4 Å². The van der Waals surface area contributed by atoms with Gasteiger partial charge in [0.2, 0.25) is 5.91 Å². The first-order valence-electron chi connectivity index (χ1n) is 7.14. The van der Waals surface area contributed by atoms with Crippen molar-refractivity contribution < 1.29 is 14.3 Å². The van der Waals surface area contributed by atoms with E-state index in [2.05, 4.69) is 15.7 Å². The fourth-order valence-electron chi connectivity index (χ4n) is 2.14. The van der Waals surface area contributed by atoms with E-state index in [4.69, 9.17) is 4.74 Å². The number of ether oxygens (including phenoxy) is 1. The molecule has 0 spiro atoms. The van der Waals surface area contributed by atoms with Gasteiger partial charge >= 0.3 is 0 Å². The van der Waals surface area contributed by atoms with Crippen molar-refractivity contribution >= 4 is 17.5 Å². The largest absolute Gasteiger partial charge is 0.497 e. The highest BCUT2D eigenvalue weighted by atomic mass is 16.5. The minimum absolute atomic E-state index is 0.112. The molecule has 2 amide bonds. The van der Waals surface area contributed by atoms with Crippen molar-refractivity contribution in [3.05, 3.63) is 41.2 Å². The SMILES string of the molecule is COc1ccc(C(=O)NCC(=O)Nc2c(C)nn(C)c2C)cc1. The number of nitrogens with zero attached hydrogens (tertiary/aromatic N) is 2. The maximum absolute atomic E-state index is 12.0. The molecule has 1 heterocycles. The molecular formula is C16H20N4O3. The first-order valence-corrected chi connectivity index (χ1v) is 7.14. The number of aromatic nitrogens is 2. The Bertz CT molecular complexity index is 720. The molecule has 0 aliphatic rings. The molecule has 2 aromatic rings. The number of rotatable bonds is 5. The summed E-state index contributed by atoms with van der Waals surface area (Å²) in [4.78, 5) is 24.0. The predicted molar refractivity (Wildman–Crippen MR) is 86.6 cm³/mol. The molecule has 2 rings (SSSR count). The number of methoxy groups -OCH3 is 1.